The Morgan fingerprint density at radius 1 is 1.61 bits per heavy atom. The zero-order valence-corrected chi connectivity index (χ0v) is 10.7. The number of terminal acetylenes is 1. The first-order valence-corrected chi connectivity index (χ1v) is 5.73. The molecule has 1 atom stereocenters. The maximum Gasteiger partial charge on any atom is 0.258 e. The predicted octanol–water partition coefficient (Wildman–Crippen LogP) is 1.14. The van der Waals surface area contributed by atoms with Gasteiger partial charge >= 0.3 is 0 Å². The Morgan fingerprint density at radius 3 is 2.94 bits per heavy atom. The number of carbonyl (C=O) groups is 1. The van der Waals surface area contributed by atoms with Gasteiger partial charge in [0.2, 0.25) is 0 Å². The molecule has 18 heavy (non-hydrogen) atoms. The van der Waals surface area contributed by atoms with Gasteiger partial charge in [-0.15, -0.1) is 6.42 Å². The number of carbonyl (C=O) groups excluding carboxylic acids is 1. The third-order valence-corrected chi connectivity index (χ3v) is 2.40. The molecule has 96 valence electrons. The molecule has 4 heteroatoms. The van der Waals surface area contributed by atoms with Crippen molar-refractivity contribution in [3.05, 3.63) is 29.3 Å². The maximum absolute atomic E-state index is 11.4. The fourth-order valence-electron chi connectivity index (χ4n) is 1.50. The van der Waals surface area contributed by atoms with Crippen LogP contribution >= 0.6 is 0 Å². The van der Waals surface area contributed by atoms with Gasteiger partial charge in [-0.05, 0) is 19.9 Å². The zero-order chi connectivity index (χ0) is 13.5. The van der Waals surface area contributed by atoms with Gasteiger partial charge in [0.05, 0.1) is 6.54 Å². The standard InChI is InChI=1S/C14H18N2O2/c1-4-7-16-14(17)9-18-13-6-5-10(2)8-12(13)11(3)15/h1,5-6,8,11H,7,9,15H2,2-3H3,(H,16,17). The topological polar surface area (TPSA) is 64.3 Å². The van der Waals surface area contributed by atoms with Crippen molar-refractivity contribution in [1.29, 1.82) is 0 Å². The summed E-state index contributed by atoms with van der Waals surface area (Å²) in [6, 6.07) is 5.55. The van der Waals surface area contributed by atoms with Gasteiger partial charge in [0.1, 0.15) is 5.75 Å². The number of rotatable bonds is 5. The Balaban J connectivity index is 2.67. The first kappa shape index (κ1) is 14.1. The zero-order valence-electron chi connectivity index (χ0n) is 10.7. The Labute approximate surface area is 108 Å². The number of aryl methyl sites for hydroxylation is 1. The summed E-state index contributed by atoms with van der Waals surface area (Å²) in [5, 5.41) is 2.53. The second-order valence-corrected chi connectivity index (χ2v) is 4.10. The van der Waals surface area contributed by atoms with Gasteiger partial charge < -0.3 is 15.8 Å². The van der Waals surface area contributed by atoms with Crippen molar-refractivity contribution in [1.82, 2.24) is 5.32 Å². The van der Waals surface area contributed by atoms with E-state index in [1.54, 1.807) is 0 Å². The van der Waals surface area contributed by atoms with Gasteiger partial charge in [-0.25, -0.2) is 0 Å². The van der Waals surface area contributed by atoms with E-state index in [1.807, 2.05) is 32.0 Å². The summed E-state index contributed by atoms with van der Waals surface area (Å²) in [7, 11) is 0. The van der Waals surface area contributed by atoms with Crippen LogP contribution in [-0.4, -0.2) is 19.1 Å². The van der Waals surface area contributed by atoms with Crippen molar-refractivity contribution in [2.45, 2.75) is 19.9 Å². The Kier molecular flexibility index (Phi) is 5.22. The number of nitrogens with one attached hydrogen (secondary N) is 1. The fourth-order valence-corrected chi connectivity index (χ4v) is 1.50. The van der Waals surface area contributed by atoms with Crippen LogP contribution in [0.15, 0.2) is 18.2 Å². The molecule has 0 radical (unpaired) electrons. The van der Waals surface area contributed by atoms with Crippen LogP contribution in [0.4, 0.5) is 0 Å². The van der Waals surface area contributed by atoms with Gasteiger partial charge in [0, 0.05) is 11.6 Å². The second-order valence-electron chi connectivity index (χ2n) is 4.10. The van der Waals surface area contributed by atoms with Crippen LogP contribution in [0.2, 0.25) is 0 Å². The molecule has 0 bridgehead atoms. The molecule has 0 aliphatic rings. The Morgan fingerprint density at radius 2 is 2.33 bits per heavy atom. The molecule has 4 nitrogen and oxygen atoms in total. The molecule has 1 aromatic rings. The molecule has 0 saturated carbocycles. The normalized spacial score (nSPS) is 11.4. The lowest BCUT2D eigenvalue weighted by Gasteiger charge is -2.14. The average molecular weight is 246 g/mol. The van der Waals surface area contributed by atoms with Crippen LogP contribution in [0.5, 0.6) is 5.75 Å². The molecule has 0 spiro atoms. The Hall–Kier alpha value is -1.99. The maximum atomic E-state index is 11.4. The van der Waals surface area contributed by atoms with Crippen molar-refractivity contribution in [2.24, 2.45) is 5.73 Å². The van der Waals surface area contributed by atoms with Gasteiger partial charge in [0.25, 0.3) is 5.91 Å². The largest absolute Gasteiger partial charge is 0.483 e. The summed E-state index contributed by atoms with van der Waals surface area (Å²) in [6.45, 7) is 4.00. The van der Waals surface area contributed by atoms with Crippen LogP contribution in [0.25, 0.3) is 0 Å². The van der Waals surface area contributed by atoms with E-state index in [1.165, 1.54) is 0 Å². The number of hydrogen-bond donors (Lipinski definition) is 2. The molecule has 0 aliphatic heterocycles. The van der Waals surface area contributed by atoms with Crippen LogP contribution in [-0.2, 0) is 4.79 Å². The highest BCUT2D eigenvalue weighted by molar-refractivity contribution is 5.77. The van der Waals surface area contributed by atoms with Gasteiger partial charge in [-0.3, -0.25) is 4.79 Å². The van der Waals surface area contributed by atoms with Crippen LogP contribution in [0.1, 0.15) is 24.1 Å². The summed E-state index contributed by atoms with van der Waals surface area (Å²) in [6.07, 6.45) is 5.04. The van der Waals surface area contributed by atoms with E-state index >= 15 is 0 Å². The van der Waals surface area contributed by atoms with E-state index < -0.39 is 0 Å². The minimum Gasteiger partial charge on any atom is -0.483 e. The van der Waals surface area contributed by atoms with E-state index in [9.17, 15) is 4.79 Å². The first-order valence-electron chi connectivity index (χ1n) is 5.73. The SMILES string of the molecule is C#CCNC(=O)COc1ccc(C)cc1C(C)N. The lowest BCUT2D eigenvalue weighted by molar-refractivity contribution is -0.122. The second kappa shape index (κ2) is 6.67. The fraction of sp³-hybridized carbons (Fsp3) is 0.357. The molecular weight excluding hydrogens is 228 g/mol. The van der Waals surface area contributed by atoms with E-state index in [4.69, 9.17) is 16.9 Å². The molecule has 1 aromatic carbocycles. The molecule has 1 unspecified atom stereocenters. The minimum atomic E-state index is -0.246. The summed E-state index contributed by atoms with van der Waals surface area (Å²) in [4.78, 5) is 11.4. The highest BCUT2D eigenvalue weighted by Crippen LogP contribution is 2.24. The first-order chi connectivity index (χ1) is 8.54. The molecule has 0 saturated heterocycles. The highest BCUT2D eigenvalue weighted by atomic mass is 16.5. The van der Waals surface area contributed by atoms with Crippen LogP contribution in [0, 0.1) is 19.3 Å². The molecule has 3 N–H and O–H groups in total. The van der Waals surface area contributed by atoms with Crippen molar-refractivity contribution in [3.8, 4) is 18.1 Å². The lowest BCUT2D eigenvalue weighted by atomic mass is 10.1. The molecule has 0 aromatic heterocycles. The monoisotopic (exact) mass is 246 g/mol. The number of benzene rings is 1. The summed E-state index contributed by atoms with van der Waals surface area (Å²) < 4.78 is 5.45. The third-order valence-electron chi connectivity index (χ3n) is 2.40. The van der Waals surface area contributed by atoms with Crippen molar-refractivity contribution >= 4 is 5.91 Å². The third kappa shape index (κ3) is 4.11. The molecule has 1 amide bonds. The lowest BCUT2D eigenvalue weighted by Crippen LogP contribution is -2.29. The average Bonchev–Trinajstić information content (AvgIpc) is 2.34. The smallest absolute Gasteiger partial charge is 0.258 e. The van der Waals surface area contributed by atoms with Crippen LogP contribution < -0.4 is 15.8 Å². The van der Waals surface area contributed by atoms with Crippen LogP contribution in [0.3, 0.4) is 0 Å². The molecule has 0 fully saturated rings. The van der Waals surface area contributed by atoms with Crippen molar-refractivity contribution in [2.75, 3.05) is 13.2 Å². The molecule has 0 heterocycles. The van der Waals surface area contributed by atoms with Crippen molar-refractivity contribution < 1.29 is 9.53 Å². The van der Waals surface area contributed by atoms with E-state index in [2.05, 4.69) is 11.2 Å². The van der Waals surface area contributed by atoms with E-state index in [-0.39, 0.29) is 25.1 Å². The Bertz CT molecular complexity index is 461. The highest BCUT2D eigenvalue weighted by Gasteiger charge is 2.10. The van der Waals surface area contributed by atoms with E-state index in [0.29, 0.717) is 5.75 Å². The predicted molar refractivity (Wildman–Crippen MR) is 71.1 cm³/mol. The number of hydrogen-bond acceptors (Lipinski definition) is 3. The van der Waals surface area contributed by atoms with Gasteiger partial charge in [0.15, 0.2) is 6.61 Å². The summed E-state index contributed by atoms with van der Waals surface area (Å²) in [5.74, 6) is 2.71. The van der Waals surface area contributed by atoms with Gasteiger partial charge in [-0.1, -0.05) is 23.6 Å². The summed E-state index contributed by atoms with van der Waals surface area (Å²) in [5.41, 5.74) is 7.85. The number of nitrogens with two attached hydrogens (primary N) is 1. The van der Waals surface area contributed by atoms with Gasteiger partial charge in [-0.2, -0.15) is 0 Å². The number of amides is 1. The quantitative estimate of drug-likeness (QED) is 0.766. The van der Waals surface area contributed by atoms with E-state index in [0.717, 1.165) is 11.1 Å². The van der Waals surface area contributed by atoms with Crippen molar-refractivity contribution in [3.63, 3.8) is 0 Å². The molecule has 0 aliphatic carbocycles. The minimum absolute atomic E-state index is 0.0650. The number of ether oxygens (including phenoxy) is 1. The molecule has 1 rings (SSSR count). The summed E-state index contributed by atoms with van der Waals surface area (Å²) >= 11 is 0. The molecular formula is C14H18N2O2.